The average molecular weight is 341 g/mol. The van der Waals surface area contributed by atoms with E-state index in [1.807, 2.05) is 0 Å². The molecule has 4 aromatic rings. The third-order valence-corrected chi connectivity index (χ3v) is 5.16. The molecular formula is C23H19NS. The van der Waals surface area contributed by atoms with Gasteiger partial charge >= 0.3 is 0 Å². The van der Waals surface area contributed by atoms with E-state index in [2.05, 4.69) is 108 Å². The van der Waals surface area contributed by atoms with Gasteiger partial charge in [0.25, 0.3) is 0 Å². The van der Waals surface area contributed by atoms with E-state index in [1.54, 1.807) is 11.3 Å². The zero-order valence-electron chi connectivity index (χ0n) is 14.1. The SMILES string of the molecule is Cc1ccc(N(c2ccccc2)c2ccc(-c3cccs3)cc2)cc1. The summed E-state index contributed by atoms with van der Waals surface area (Å²) in [7, 11) is 0. The number of nitrogens with zero attached hydrogens (tertiary/aromatic N) is 1. The highest BCUT2D eigenvalue weighted by molar-refractivity contribution is 7.13. The Bertz CT molecular complexity index is 924. The smallest absolute Gasteiger partial charge is 0.0462 e. The normalized spacial score (nSPS) is 10.6. The molecule has 0 fully saturated rings. The Morgan fingerprint density at radius 2 is 1.20 bits per heavy atom. The first-order valence-corrected chi connectivity index (χ1v) is 9.25. The first-order valence-electron chi connectivity index (χ1n) is 8.37. The summed E-state index contributed by atoms with van der Waals surface area (Å²) in [5, 5.41) is 2.12. The minimum absolute atomic E-state index is 1.16. The van der Waals surface area contributed by atoms with Crippen molar-refractivity contribution in [3.8, 4) is 10.4 Å². The van der Waals surface area contributed by atoms with Crippen LogP contribution in [0.2, 0.25) is 0 Å². The fourth-order valence-corrected chi connectivity index (χ4v) is 3.67. The van der Waals surface area contributed by atoms with Crippen LogP contribution < -0.4 is 4.90 Å². The summed E-state index contributed by atoms with van der Waals surface area (Å²) in [5.74, 6) is 0. The van der Waals surface area contributed by atoms with Crippen molar-refractivity contribution in [3.63, 3.8) is 0 Å². The number of para-hydroxylation sites is 1. The Labute approximate surface area is 152 Å². The van der Waals surface area contributed by atoms with Gasteiger partial charge in [0.05, 0.1) is 0 Å². The van der Waals surface area contributed by atoms with Crippen LogP contribution in [0, 0.1) is 6.92 Å². The minimum Gasteiger partial charge on any atom is -0.311 e. The van der Waals surface area contributed by atoms with Gasteiger partial charge in [-0.1, -0.05) is 54.1 Å². The van der Waals surface area contributed by atoms with E-state index in [4.69, 9.17) is 0 Å². The standard InChI is InChI=1S/C23H19NS/c1-18-9-13-21(14-10-18)24(20-6-3-2-4-7-20)22-15-11-19(12-16-22)23-8-5-17-25-23/h2-17H,1H3. The molecule has 3 aromatic carbocycles. The van der Waals surface area contributed by atoms with Crippen molar-refractivity contribution in [2.45, 2.75) is 6.92 Å². The van der Waals surface area contributed by atoms with Gasteiger partial charge in [-0.3, -0.25) is 0 Å². The fraction of sp³-hybridized carbons (Fsp3) is 0.0435. The number of anilines is 3. The van der Waals surface area contributed by atoms with Crippen LogP contribution in [0.25, 0.3) is 10.4 Å². The van der Waals surface area contributed by atoms with Crippen molar-refractivity contribution in [1.82, 2.24) is 0 Å². The number of hydrogen-bond acceptors (Lipinski definition) is 2. The molecular weight excluding hydrogens is 322 g/mol. The quantitative estimate of drug-likeness (QED) is 0.379. The summed E-state index contributed by atoms with van der Waals surface area (Å²) < 4.78 is 0. The summed E-state index contributed by atoms with van der Waals surface area (Å²) in [6, 6.07) is 32.2. The fourth-order valence-electron chi connectivity index (χ4n) is 2.94. The lowest BCUT2D eigenvalue weighted by Crippen LogP contribution is -2.09. The maximum absolute atomic E-state index is 2.29. The van der Waals surface area contributed by atoms with Gasteiger partial charge in [-0.25, -0.2) is 0 Å². The summed E-state index contributed by atoms with van der Waals surface area (Å²) >= 11 is 1.77. The molecule has 0 saturated carbocycles. The van der Waals surface area contributed by atoms with Gasteiger partial charge in [-0.2, -0.15) is 0 Å². The molecule has 0 radical (unpaired) electrons. The molecule has 25 heavy (non-hydrogen) atoms. The summed E-state index contributed by atoms with van der Waals surface area (Å²) in [4.78, 5) is 3.59. The Balaban J connectivity index is 1.77. The third kappa shape index (κ3) is 3.35. The van der Waals surface area contributed by atoms with Crippen molar-refractivity contribution in [1.29, 1.82) is 0 Å². The van der Waals surface area contributed by atoms with E-state index in [-0.39, 0.29) is 0 Å². The Morgan fingerprint density at radius 1 is 0.600 bits per heavy atom. The topological polar surface area (TPSA) is 3.24 Å². The molecule has 0 aliphatic heterocycles. The van der Waals surface area contributed by atoms with Crippen molar-refractivity contribution in [2.75, 3.05) is 4.90 Å². The zero-order chi connectivity index (χ0) is 17.1. The molecule has 0 aliphatic rings. The molecule has 0 unspecified atom stereocenters. The van der Waals surface area contributed by atoms with Gasteiger partial charge in [-0.05, 0) is 60.3 Å². The van der Waals surface area contributed by atoms with Crippen molar-refractivity contribution >= 4 is 28.4 Å². The van der Waals surface area contributed by atoms with Crippen LogP contribution >= 0.6 is 11.3 Å². The Hall–Kier alpha value is -2.84. The molecule has 1 aromatic heterocycles. The molecule has 2 heteroatoms. The van der Waals surface area contributed by atoms with E-state index in [0.29, 0.717) is 0 Å². The highest BCUT2D eigenvalue weighted by atomic mass is 32.1. The number of benzene rings is 3. The van der Waals surface area contributed by atoms with Crippen LogP contribution in [0.15, 0.2) is 96.4 Å². The van der Waals surface area contributed by atoms with E-state index in [1.165, 1.54) is 21.7 Å². The molecule has 0 aliphatic carbocycles. The zero-order valence-corrected chi connectivity index (χ0v) is 14.9. The second kappa shape index (κ2) is 6.96. The van der Waals surface area contributed by atoms with Crippen molar-refractivity contribution in [3.05, 3.63) is 102 Å². The predicted molar refractivity (Wildman–Crippen MR) is 109 cm³/mol. The minimum atomic E-state index is 1.16. The van der Waals surface area contributed by atoms with E-state index in [0.717, 1.165) is 11.4 Å². The highest BCUT2D eigenvalue weighted by Gasteiger charge is 2.12. The second-order valence-corrected chi connectivity index (χ2v) is 6.98. The lowest BCUT2D eigenvalue weighted by molar-refractivity contribution is 1.28. The number of hydrogen-bond donors (Lipinski definition) is 0. The molecule has 0 atom stereocenters. The first-order chi connectivity index (χ1) is 12.3. The molecule has 4 rings (SSSR count). The maximum Gasteiger partial charge on any atom is 0.0462 e. The van der Waals surface area contributed by atoms with Crippen LogP contribution in [0.1, 0.15) is 5.56 Å². The summed E-state index contributed by atoms with van der Waals surface area (Å²) in [5.41, 5.74) is 6.02. The predicted octanol–water partition coefficient (Wildman–Crippen LogP) is 7.19. The Kier molecular flexibility index (Phi) is 4.36. The van der Waals surface area contributed by atoms with Crippen LogP contribution in [-0.2, 0) is 0 Å². The van der Waals surface area contributed by atoms with Crippen LogP contribution in [-0.4, -0.2) is 0 Å². The lowest BCUT2D eigenvalue weighted by Gasteiger charge is -2.25. The lowest BCUT2D eigenvalue weighted by atomic mass is 10.1. The van der Waals surface area contributed by atoms with Crippen LogP contribution in [0.3, 0.4) is 0 Å². The van der Waals surface area contributed by atoms with Gasteiger partial charge in [-0.15, -0.1) is 11.3 Å². The molecule has 0 bridgehead atoms. The highest BCUT2D eigenvalue weighted by Crippen LogP contribution is 2.35. The van der Waals surface area contributed by atoms with E-state index >= 15 is 0 Å². The monoisotopic (exact) mass is 341 g/mol. The van der Waals surface area contributed by atoms with Gasteiger partial charge < -0.3 is 4.90 Å². The Morgan fingerprint density at radius 3 is 1.80 bits per heavy atom. The first kappa shape index (κ1) is 15.7. The molecule has 0 spiro atoms. The second-order valence-electron chi connectivity index (χ2n) is 6.03. The largest absolute Gasteiger partial charge is 0.311 e. The van der Waals surface area contributed by atoms with Crippen molar-refractivity contribution in [2.24, 2.45) is 0 Å². The van der Waals surface area contributed by atoms with Gasteiger partial charge in [0.15, 0.2) is 0 Å². The van der Waals surface area contributed by atoms with Crippen LogP contribution in [0.4, 0.5) is 17.1 Å². The molecule has 1 heterocycles. The van der Waals surface area contributed by atoms with E-state index in [9.17, 15) is 0 Å². The third-order valence-electron chi connectivity index (χ3n) is 4.24. The molecule has 1 nitrogen and oxygen atoms in total. The van der Waals surface area contributed by atoms with Gasteiger partial charge in [0, 0.05) is 21.9 Å². The summed E-state index contributed by atoms with van der Waals surface area (Å²) in [6.45, 7) is 2.12. The van der Waals surface area contributed by atoms with Crippen LogP contribution in [0.5, 0.6) is 0 Å². The number of thiophene rings is 1. The number of aryl methyl sites for hydroxylation is 1. The molecule has 0 saturated heterocycles. The average Bonchev–Trinajstić information content (AvgIpc) is 3.20. The maximum atomic E-state index is 2.29. The van der Waals surface area contributed by atoms with Gasteiger partial charge in [0.1, 0.15) is 0 Å². The molecule has 0 amide bonds. The molecule has 0 N–H and O–H groups in total. The molecule has 122 valence electrons. The van der Waals surface area contributed by atoms with Crippen molar-refractivity contribution < 1.29 is 0 Å². The summed E-state index contributed by atoms with van der Waals surface area (Å²) in [6.07, 6.45) is 0. The van der Waals surface area contributed by atoms with Gasteiger partial charge in [0.2, 0.25) is 0 Å². The van der Waals surface area contributed by atoms with E-state index < -0.39 is 0 Å². The number of rotatable bonds is 4.